The van der Waals surface area contributed by atoms with Crippen molar-refractivity contribution in [2.75, 3.05) is 12.8 Å². The average Bonchev–Trinajstić information content (AvgIpc) is 2.81. The van der Waals surface area contributed by atoms with Crippen molar-refractivity contribution < 1.29 is 24.0 Å². The third-order valence-electron chi connectivity index (χ3n) is 4.14. The fourth-order valence-electron chi connectivity index (χ4n) is 2.85. The molecule has 0 unspecified atom stereocenters. The van der Waals surface area contributed by atoms with E-state index in [0.29, 0.717) is 18.3 Å². The van der Waals surface area contributed by atoms with Gasteiger partial charge in [-0.25, -0.2) is 4.79 Å². The van der Waals surface area contributed by atoms with E-state index in [2.05, 4.69) is 10.6 Å². The molecule has 1 aromatic carbocycles. The SMILES string of the molecule is CCO/C=C/C(=O)NC(=O)N[C@H]1[C@](C)(O)CC[P@@]1(=O)c1ccccc1. The van der Waals surface area contributed by atoms with Gasteiger partial charge in [0.15, 0.2) is 0 Å². The minimum Gasteiger partial charge on any atom is -0.501 e. The molecule has 8 heteroatoms. The minimum atomic E-state index is -3.05. The van der Waals surface area contributed by atoms with Crippen LogP contribution in [0.15, 0.2) is 42.7 Å². The van der Waals surface area contributed by atoms with Crippen LogP contribution in [0.2, 0.25) is 0 Å². The number of carbonyl (C=O) groups is 2. The molecule has 3 atom stereocenters. The van der Waals surface area contributed by atoms with Gasteiger partial charge in [0.05, 0.1) is 18.5 Å². The largest absolute Gasteiger partial charge is 0.501 e. The molecular weight excluding hydrogens is 343 g/mol. The molecule has 1 fully saturated rings. The van der Waals surface area contributed by atoms with Crippen molar-refractivity contribution in [1.29, 1.82) is 0 Å². The summed E-state index contributed by atoms with van der Waals surface area (Å²) in [5, 5.41) is 15.8. The van der Waals surface area contributed by atoms with Gasteiger partial charge in [0.25, 0.3) is 5.91 Å². The summed E-state index contributed by atoms with van der Waals surface area (Å²) in [6.07, 6.45) is 2.84. The van der Waals surface area contributed by atoms with Crippen molar-refractivity contribution in [3.05, 3.63) is 42.7 Å². The Morgan fingerprint density at radius 2 is 2.08 bits per heavy atom. The number of imide groups is 1. The molecule has 1 aliphatic heterocycles. The summed E-state index contributed by atoms with van der Waals surface area (Å²) in [6.45, 7) is 3.71. The van der Waals surface area contributed by atoms with Crippen LogP contribution >= 0.6 is 7.14 Å². The number of hydrogen-bond acceptors (Lipinski definition) is 5. The molecule has 2 rings (SSSR count). The van der Waals surface area contributed by atoms with Crippen LogP contribution in [0.25, 0.3) is 0 Å². The Morgan fingerprint density at radius 3 is 2.72 bits per heavy atom. The van der Waals surface area contributed by atoms with Gasteiger partial charge in [0.1, 0.15) is 12.9 Å². The Balaban J connectivity index is 2.13. The number of rotatable bonds is 5. The number of urea groups is 1. The van der Waals surface area contributed by atoms with Crippen LogP contribution in [-0.4, -0.2) is 41.2 Å². The highest BCUT2D eigenvalue weighted by Gasteiger charge is 2.53. The van der Waals surface area contributed by atoms with Gasteiger partial charge in [-0.3, -0.25) is 10.1 Å². The Kier molecular flexibility index (Phi) is 6.03. The van der Waals surface area contributed by atoms with Crippen LogP contribution < -0.4 is 15.9 Å². The first-order valence-corrected chi connectivity index (χ1v) is 10.0. The number of ether oxygens (including phenoxy) is 1. The quantitative estimate of drug-likeness (QED) is 0.416. The predicted octanol–water partition coefficient (Wildman–Crippen LogP) is 1.53. The average molecular weight is 366 g/mol. The first-order chi connectivity index (χ1) is 11.8. The number of hydrogen-bond donors (Lipinski definition) is 3. The maximum Gasteiger partial charge on any atom is 0.322 e. The van der Waals surface area contributed by atoms with E-state index in [0.717, 1.165) is 6.08 Å². The fraction of sp³-hybridized carbons (Fsp3) is 0.412. The van der Waals surface area contributed by atoms with Gasteiger partial charge in [-0.1, -0.05) is 30.3 Å². The van der Waals surface area contributed by atoms with Gasteiger partial charge in [-0.2, -0.15) is 0 Å². The summed E-state index contributed by atoms with van der Waals surface area (Å²) in [5.41, 5.74) is -1.33. The van der Waals surface area contributed by atoms with Gasteiger partial charge < -0.3 is 19.7 Å². The third kappa shape index (κ3) is 4.50. The molecular formula is C17H23N2O5P. The van der Waals surface area contributed by atoms with E-state index in [4.69, 9.17) is 4.74 Å². The number of carbonyl (C=O) groups excluding carboxylic acids is 2. The molecule has 0 bridgehead atoms. The molecule has 1 aromatic rings. The Hall–Kier alpha value is -2.11. The second-order valence-electron chi connectivity index (χ2n) is 6.09. The predicted molar refractivity (Wildman–Crippen MR) is 95.0 cm³/mol. The number of amides is 3. The zero-order valence-corrected chi connectivity index (χ0v) is 15.2. The molecule has 0 radical (unpaired) electrons. The molecule has 136 valence electrons. The van der Waals surface area contributed by atoms with Crippen molar-refractivity contribution in [2.45, 2.75) is 31.7 Å². The standard InChI is InChI=1S/C17H23N2O5P/c1-3-24-11-9-14(20)18-16(21)19-15-17(2,22)10-12-25(15,23)13-7-5-4-6-8-13/h4-9,11,15,22H,3,10,12H2,1-2H3,(H2,18,19,20,21)/b11-9+/t15-,17-,25-/m1/s1. The van der Waals surface area contributed by atoms with Crippen LogP contribution in [0.3, 0.4) is 0 Å². The molecule has 3 amide bonds. The van der Waals surface area contributed by atoms with Gasteiger partial charge in [-0.15, -0.1) is 0 Å². The van der Waals surface area contributed by atoms with Gasteiger partial charge in [0.2, 0.25) is 0 Å². The van der Waals surface area contributed by atoms with Crippen LogP contribution in [0, 0.1) is 0 Å². The van der Waals surface area contributed by atoms with Crippen molar-refractivity contribution in [3.63, 3.8) is 0 Å². The zero-order valence-electron chi connectivity index (χ0n) is 14.3. The van der Waals surface area contributed by atoms with Crippen LogP contribution in [0.5, 0.6) is 0 Å². The van der Waals surface area contributed by atoms with Crippen LogP contribution in [0.1, 0.15) is 20.3 Å². The highest BCUT2D eigenvalue weighted by atomic mass is 31.2. The second kappa shape index (κ2) is 7.85. The highest BCUT2D eigenvalue weighted by molar-refractivity contribution is 7.72. The molecule has 7 nitrogen and oxygen atoms in total. The van der Waals surface area contributed by atoms with Crippen LogP contribution in [0.4, 0.5) is 4.79 Å². The monoisotopic (exact) mass is 366 g/mol. The van der Waals surface area contributed by atoms with E-state index in [-0.39, 0.29) is 6.16 Å². The smallest absolute Gasteiger partial charge is 0.322 e. The first-order valence-electron chi connectivity index (χ1n) is 8.06. The van der Waals surface area contributed by atoms with Gasteiger partial charge in [-0.05, 0) is 20.3 Å². The Morgan fingerprint density at radius 1 is 1.40 bits per heavy atom. The normalized spacial score (nSPS) is 28.7. The molecule has 1 heterocycles. The van der Waals surface area contributed by atoms with E-state index in [9.17, 15) is 19.3 Å². The fourth-order valence-corrected chi connectivity index (χ4v) is 6.48. The lowest BCUT2D eigenvalue weighted by Gasteiger charge is -2.30. The van der Waals surface area contributed by atoms with E-state index in [1.54, 1.807) is 31.2 Å². The molecule has 0 saturated carbocycles. The van der Waals surface area contributed by atoms with Crippen molar-refractivity contribution in [2.24, 2.45) is 0 Å². The topological polar surface area (TPSA) is 105 Å². The molecule has 0 aromatic heterocycles. The van der Waals surface area contributed by atoms with E-state index in [1.165, 1.54) is 13.2 Å². The summed E-state index contributed by atoms with van der Waals surface area (Å²) in [4.78, 5) is 23.7. The maximum absolute atomic E-state index is 13.5. The number of aliphatic hydroxyl groups is 1. The highest BCUT2D eigenvalue weighted by Crippen LogP contribution is 2.59. The van der Waals surface area contributed by atoms with E-state index >= 15 is 0 Å². The lowest BCUT2D eigenvalue weighted by molar-refractivity contribution is -0.115. The molecule has 1 saturated heterocycles. The second-order valence-corrected chi connectivity index (χ2v) is 9.16. The lowest BCUT2D eigenvalue weighted by atomic mass is 10.0. The van der Waals surface area contributed by atoms with E-state index < -0.39 is 30.5 Å². The summed E-state index contributed by atoms with van der Waals surface area (Å²) in [6, 6.07) is 7.98. The van der Waals surface area contributed by atoms with Crippen molar-refractivity contribution in [3.8, 4) is 0 Å². The third-order valence-corrected chi connectivity index (χ3v) is 7.72. The van der Waals surface area contributed by atoms with Crippen molar-refractivity contribution >= 4 is 24.4 Å². The minimum absolute atomic E-state index is 0.285. The molecule has 0 spiro atoms. The number of nitrogens with one attached hydrogen (secondary N) is 2. The molecule has 0 aliphatic carbocycles. The molecule has 3 N–H and O–H groups in total. The number of benzene rings is 1. The van der Waals surface area contributed by atoms with E-state index in [1.807, 2.05) is 6.07 Å². The lowest BCUT2D eigenvalue weighted by Crippen LogP contribution is -2.52. The molecule has 25 heavy (non-hydrogen) atoms. The summed E-state index contributed by atoms with van der Waals surface area (Å²) < 4.78 is 18.4. The van der Waals surface area contributed by atoms with Crippen molar-refractivity contribution in [1.82, 2.24) is 10.6 Å². The summed E-state index contributed by atoms with van der Waals surface area (Å²) in [5.74, 6) is -1.63. The van der Waals surface area contributed by atoms with Gasteiger partial charge in [0, 0.05) is 17.5 Å². The zero-order chi connectivity index (χ0) is 18.5. The van der Waals surface area contributed by atoms with Crippen LogP contribution in [-0.2, 0) is 14.1 Å². The Bertz CT molecular complexity index is 702. The maximum atomic E-state index is 13.5. The molecule has 1 aliphatic rings. The first kappa shape index (κ1) is 19.2. The summed E-state index contributed by atoms with van der Waals surface area (Å²) >= 11 is 0. The van der Waals surface area contributed by atoms with Gasteiger partial charge >= 0.3 is 6.03 Å². The summed E-state index contributed by atoms with van der Waals surface area (Å²) in [7, 11) is -3.05. The Labute approximate surface area is 146 Å².